The predicted molar refractivity (Wildman–Crippen MR) is 66.3 cm³/mol. The van der Waals surface area contributed by atoms with Crippen molar-refractivity contribution >= 4 is 38.8 Å². The normalized spacial score (nSPS) is 10.3. The van der Waals surface area contributed by atoms with E-state index in [9.17, 15) is 10.1 Å². The topological polar surface area (TPSA) is 82.0 Å². The average molecular weight is 300 g/mol. The Hall–Kier alpha value is -1.47. The molecule has 0 aliphatic heterocycles. The summed E-state index contributed by atoms with van der Waals surface area (Å²) in [6.07, 6.45) is 0. The molecule has 82 valence electrons. The van der Waals surface area contributed by atoms with Gasteiger partial charge in [0.15, 0.2) is 0 Å². The summed E-state index contributed by atoms with van der Waals surface area (Å²) in [4.78, 5) is 14.3. The molecule has 0 aromatic carbocycles. The first-order chi connectivity index (χ1) is 7.58. The molecule has 16 heavy (non-hydrogen) atoms. The molecule has 2 aromatic heterocycles. The summed E-state index contributed by atoms with van der Waals surface area (Å²) in [7, 11) is 0. The summed E-state index contributed by atoms with van der Waals surface area (Å²) in [6, 6.07) is 2.65. The van der Waals surface area contributed by atoms with Crippen molar-refractivity contribution < 1.29 is 4.92 Å². The number of rotatable bonds is 2. The van der Waals surface area contributed by atoms with Crippen molar-refractivity contribution in [1.82, 2.24) is 4.98 Å². The highest BCUT2D eigenvalue weighted by Gasteiger charge is 2.13. The monoisotopic (exact) mass is 299 g/mol. The number of pyridine rings is 1. The van der Waals surface area contributed by atoms with Gasteiger partial charge in [-0.3, -0.25) is 10.1 Å². The van der Waals surface area contributed by atoms with Crippen LogP contribution in [0, 0.1) is 10.1 Å². The maximum Gasteiger partial charge on any atom is 0.275 e. The molecule has 0 atom stereocenters. The van der Waals surface area contributed by atoms with Gasteiger partial charge >= 0.3 is 0 Å². The molecule has 0 radical (unpaired) electrons. The van der Waals surface area contributed by atoms with Crippen LogP contribution in [0.4, 0.5) is 11.5 Å². The van der Waals surface area contributed by atoms with Crippen molar-refractivity contribution in [3.63, 3.8) is 0 Å². The Morgan fingerprint density at radius 3 is 2.75 bits per heavy atom. The molecule has 0 aliphatic rings. The van der Waals surface area contributed by atoms with E-state index in [0.29, 0.717) is 5.69 Å². The number of hydrogen-bond acceptors (Lipinski definition) is 5. The van der Waals surface area contributed by atoms with Gasteiger partial charge in [0.2, 0.25) is 0 Å². The molecular formula is C9H6BrN3O2S. The molecule has 0 saturated heterocycles. The Bertz CT molecular complexity index is 555. The summed E-state index contributed by atoms with van der Waals surface area (Å²) in [5.41, 5.74) is 6.78. The third kappa shape index (κ3) is 2.05. The van der Waals surface area contributed by atoms with Crippen LogP contribution in [0.25, 0.3) is 11.3 Å². The van der Waals surface area contributed by atoms with Crippen molar-refractivity contribution in [3.05, 3.63) is 37.5 Å². The van der Waals surface area contributed by atoms with Gasteiger partial charge in [-0.1, -0.05) is 0 Å². The summed E-state index contributed by atoms with van der Waals surface area (Å²) < 4.78 is 0.852. The average Bonchev–Trinajstić information content (AvgIpc) is 2.63. The minimum absolute atomic E-state index is 0.0550. The van der Waals surface area contributed by atoms with Crippen LogP contribution in [0.1, 0.15) is 0 Å². The summed E-state index contributed by atoms with van der Waals surface area (Å²) >= 11 is 4.83. The first-order valence-electron chi connectivity index (χ1n) is 4.22. The molecule has 0 aliphatic carbocycles. The molecular weight excluding hydrogens is 294 g/mol. The van der Waals surface area contributed by atoms with Gasteiger partial charge in [0.1, 0.15) is 5.82 Å². The van der Waals surface area contributed by atoms with Crippen LogP contribution in [-0.2, 0) is 0 Å². The predicted octanol–water partition coefficient (Wildman–Crippen LogP) is 3.06. The van der Waals surface area contributed by atoms with E-state index in [4.69, 9.17) is 5.73 Å². The molecule has 2 heterocycles. The Balaban J connectivity index is 2.58. The zero-order chi connectivity index (χ0) is 11.7. The van der Waals surface area contributed by atoms with Crippen molar-refractivity contribution in [2.75, 3.05) is 5.73 Å². The SMILES string of the molecule is Nc1cc([N+](=O)[O-])cc(-c2cscc2Br)n1. The zero-order valence-electron chi connectivity index (χ0n) is 7.88. The van der Waals surface area contributed by atoms with Crippen LogP contribution in [0.15, 0.2) is 27.4 Å². The number of nitrogens with two attached hydrogens (primary N) is 1. The number of nitrogens with zero attached hydrogens (tertiary/aromatic N) is 2. The smallest absolute Gasteiger partial charge is 0.275 e. The summed E-state index contributed by atoms with van der Waals surface area (Å²) in [6.45, 7) is 0. The maximum atomic E-state index is 10.7. The lowest BCUT2D eigenvalue weighted by Gasteiger charge is -2.00. The molecule has 0 bridgehead atoms. The van der Waals surface area contributed by atoms with Gasteiger partial charge in [0.25, 0.3) is 5.69 Å². The lowest BCUT2D eigenvalue weighted by atomic mass is 10.2. The fourth-order valence-electron chi connectivity index (χ4n) is 1.24. The van der Waals surface area contributed by atoms with Gasteiger partial charge in [-0.2, -0.15) is 11.3 Å². The van der Waals surface area contributed by atoms with Crippen molar-refractivity contribution in [1.29, 1.82) is 0 Å². The van der Waals surface area contributed by atoms with Gasteiger partial charge in [-0.15, -0.1) is 0 Å². The van der Waals surface area contributed by atoms with Gasteiger partial charge < -0.3 is 5.73 Å². The molecule has 7 heteroatoms. The van der Waals surface area contributed by atoms with E-state index < -0.39 is 4.92 Å². The lowest BCUT2D eigenvalue weighted by molar-refractivity contribution is -0.384. The number of aromatic nitrogens is 1. The molecule has 2 N–H and O–H groups in total. The fraction of sp³-hybridized carbons (Fsp3) is 0. The van der Waals surface area contributed by atoms with Crippen molar-refractivity contribution in [2.45, 2.75) is 0 Å². The number of anilines is 1. The van der Waals surface area contributed by atoms with E-state index in [1.54, 1.807) is 0 Å². The van der Waals surface area contributed by atoms with E-state index in [1.165, 1.54) is 23.5 Å². The number of halogens is 1. The number of thiophene rings is 1. The highest BCUT2D eigenvalue weighted by atomic mass is 79.9. The maximum absolute atomic E-state index is 10.7. The summed E-state index contributed by atoms with van der Waals surface area (Å²) in [5.74, 6) is 0.141. The number of nitrogen functional groups attached to an aromatic ring is 1. The van der Waals surface area contributed by atoms with E-state index in [0.717, 1.165) is 10.0 Å². The van der Waals surface area contributed by atoms with Crippen molar-refractivity contribution in [2.24, 2.45) is 0 Å². The lowest BCUT2D eigenvalue weighted by Crippen LogP contribution is -1.96. The van der Waals surface area contributed by atoms with Gasteiger partial charge in [0, 0.05) is 26.9 Å². The Morgan fingerprint density at radius 1 is 1.44 bits per heavy atom. The van der Waals surface area contributed by atoms with Crippen LogP contribution in [0.3, 0.4) is 0 Å². The number of nitro groups is 1. The van der Waals surface area contributed by atoms with E-state index in [1.807, 2.05) is 10.8 Å². The van der Waals surface area contributed by atoms with E-state index in [-0.39, 0.29) is 11.5 Å². The Morgan fingerprint density at radius 2 is 2.19 bits per heavy atom. The third-order valence-corrected chi connectivity index (χ3v) is 3.63. The highest BCUT2D eigenvalue weighted by molar-refractivity contribution is 9.10. The first kappa shape index (κ1) is 11.0. The Labute approximate surface area is 103 Å². The third-order valence-electron chi connectivity index (χ3n) is 1.93. The highest BCUT2D eigenvalue weighted by Crippen LogP contribution is 2.32. The van der Waals surface area contributed by atoms with E-state index in [2.05, 4.69) is 20.9 Å². The van der Waals surface area contributed by atoms with Crippen LogP contribution in [0.2, 0.25) is 0 Å². The second kappa shape index (κ2) is 4.18. The largest absolute Gasteiger partial charge is 0.383 e. The molecule has 2 rings (SSSR count). The molecule has 0 spiro atoms. The fourth-order valence-corrected chi connectivity index (χ4v) is 2.74. The zero-order valence-corrected chi connectivity index (χ0v) is 10.3. The van der Waals surface area contributed by atoms with Crippen molar-refractivity contribution in [3.8, 4) is 11.3 Å². The van der Waals surface area contributed by atoms with Crippen LogP contribution in [0.5, 0.6) is 0 Å². The second-order valence-corrected chi connectivity index (χ2v) is 4.62. The minimum Gasteiger partial charge on any atom is -0.383 e. The van der Waals surface area contributed by atoms with Gasteiger partial charge in [0.05, 0.1) is 16.7 Å². The molecule has 0 unspecified atom stereocenters. The van der Waals surface area contributed by atoms with Crippen LogP contribution in [-0.4, -0.2) is 9.91 Å². The van der Waals surface area contributed by atoms with Crippen LogP contribution < -0.4 is 5.73 Å². The molecule has 5 nitrogen and oxygen atoms in total. The summed E-state index contributed by atoms with van der Waals surface area (Å²) in [5, 5.41) is 14.4. The Kier molecular flexibility index (Phi) is 2.88. The standard InChI is InChI=1S/C9H6BrN3O2S/c10-7-4-16-3-6(7)8-1-5(13(14)15)2-9(11)12-8/h1-4H,(H2,11,12). The van der Waals surface area contributed by atoms with E-state index >= 15 is 0 Å². The van der Waals surface area contributed by atoms with Crippen LogP contribution >= 0.6 is 27.3 Å². The first-order valence-corrected chi connectivity index (χ1v) is 5.95. The molecule has 0 saturated carbocycles. The minimum atomic E-state index is -0.484. The second-order valence-electron chi connectivity index (χ2n) is 3.03. The van der Waals surface area contributed by atoms with Gasteiger partial charge in [-0.05, 0) is 15.9 Å². The number of hydrogen-bond donors (Lipinski definition) is 1. The molecule has 0 fully saturated rings. The quantitative estimate of drug-likeness (QED) is 0.682. The van der Waals surface area contributed by atoms with Gasteiger partial charge in [-0.25, -0.2) is 4.98 Å². The molecule has 2 aromatic rings. The molecule has 0 amide bonds.